The number of hydrogen-bond donors (Lipinski definition) is 0. The van der Waals surface area contributed by atoms with Gasteiger partial charge in [0.2, 0.25) is 0 Å². The second-order valence-electron chi connectivity index (χ2n) is 4.38. The molecule has 0 saturated carbocycles. The Labute approximate surface area is 112 Å². The Bertz CT molecular complexity index is 637. The van der Waals surface area contributed by atoms with E-state index in [2.05, 4.69) is 9.97 Å². The lowest BCUT2D eigenvalue weighted by atomic mass is 10.1. The lowest BCUT2D eigenvalue weighted by Crippen LogP contribution is -1.84. The minimum absolute atomic E-state index is 0.263. The Morgan fingerprint density at radius 3 is 2.58 bits per heavy atom. The molecule has 0 aliphatic carbocycles. The Morgan fingerprint density at radius 2 is 1.79 bits per heavy atom. The van der Waals surface area contributed by atoms with Gasteiger partial charge in [0.1, 0.15) is 5.82 Å². The Morgan fingerprint density at radius 1 is 0.947 bits per heavy atom. The van der Waals surface area contributed by atoms with Gasteiger partial charge in [0.25, 0.3) is 0 Å². The van der Waals surface area contributed by atoms with Crippen LogP contribution in [0.3, 0.4) is 0 Å². The molecule has 1 heterocycles. The van der Waals surface area contributed by atoms with Gasteiger partial charge in [-0.25, -0.2) is 4.39 Å². The largest absolute Gasteiger partial charge is 0.264 e. The molecule has 1 aromatic heterocycles. The molecule has 0 N–H and O–H groups in total. The van der Waals surface area contributed by atoms with Crippen LogP contribution < -0.4 is 0 Å². The Hall–Kier alpha value is -2.29. The van der Waals surface area contributed by atoms with Crippen LogP contribution in [0, 0.1) is 19.7 Å². The van der Waals surface area contributed by atoms with Crippen LogP contribution in [0.1, 0.15) is 11.1 Å². The fourth-order valence-corrected chi connectivity index (χ4v) is 1.63. The van der Waals surface area contributed by atoms with E-state index in [1.165, 1.54) is 12.1 Å². The smallest absolute Gasteiger partial charge is 0.123 e. The summed E-state index contributed by atoms with van der Waals surface area (Å²) in [6, 6.07) is 10.2. The van der Waals surface area contributed by atoms with Gasteiger partial charge < -0.3 is 0 Å². The van der Waals surface area contributed by atoms with Gasteiger partial charge in [-0.1, -0.05) is 12.1 Å². The third kappa shape index (κ3) is 3.85. The topological polar surface area (TPSA) is 25.8 Å². The van der Waals surface area contributed by atoms with Crippen LogP contribution in [0.4, 0.5) is 4.39 Å². The summed E-state index contributed by atoms with van der Waals surface area (Å²) in [7, 11) is 0. The summed E-state index contributed by atoms with van der Waals surface area (Å²) in [6.07, 6.45) is 5.20. The van der Waals surface area contributed by atoms with E-state index in [0.29, 0.717) is 0 Å². The summed E-state index contributed by atoms with van der Waals surface area (Å²) in [5, 5.41) is 0. The molecule has 0 aliphatic heterocycles. The van der Waals surface area contributed by atoms with Gasteiger partial charge >= 0.3 is 0 Å². The summed E-state index contributed by atoms with van der Waals surface area (Å²) in [4.78, 5) is 8.55. The Kier molecular flexibility index (Phi) is 4.18. The molecule has 0 spiro atoms. The van der Waals surface area contributed by atoms with Crippen LogP contribution in [0.15, 0.2) is 55.0 Å². The van der Waals surface area contributed by atoms with Gasteiger partial charge in [0.15, 0.2) is 0 Å². The normalized spacial score (nSPS) is 9.84. The molecule has 1 aromatic carbocycles. The summed E-state index contributed by atoms with van der Waals surface area (Å²) in [5.41, 5.74) is 3.44. The maximum atomic E-state index is 13.3. The highest BCUT2D eigenvalue weighted by Crippen LogP contribution is 2.17. The molecular formula is C16H15FN2. The quantitative estimate of drug-likeness (QED) is 0.768. The molecule has 2 nitrogen and oxygen atoms in total. The zero-order valence-corrected chi connectivity index (χ0v) is 11.0. The fourth-order valence-electron chi connectivity index (χ4n) is 1.63. The lowest BCUT2D eigenvalue weighted by molar-refractivity contribution is 0.628. The van der Waals surface area contributed by atoms with Crippen LogP contribution in [0.2, 0.25) is 0 Å². The molecule has 2 rings (SSSR count). The zero-order valence-electron chi connectivity index (χ0n) is 11.0. The van der Waals surface area contributed by atoms with Crippen molar-refractivity contribution in [2.24, 2.45) is 0 Å². The van der Waals surface area contributed by atoms with Gasteiger partial charge in [0, 0.05) is 24.2 Å². The van der Waals surface area contributed by atoms with E-state index in [4.69, 9.17) is 0 Å². The summed E-state index contributed by atoms with van der Waals surface area (Å²) >= 11 is 0. The van der Waals surface area contributed by atoms with Crippen molar-refractivity contribution in [2.45, 2.75) is 13.8 Å². The first kappa shape index (κ1) is 13.1. The van der Waals surface area contributed by atoms with Crippen LogP contribution in [0.25, 0.3) is 11.3 Å². The molecule has 0 unspecified atom stereocenters. The highest BCUT2D eigenvalue weighted by molar-refractivity contribution is 5.58. The lowest BCUT2D eigenvalue weighted by Gasteiger charge is -2.00. The summed E-state index contributed by atoms with van der Waals surface area (Å²) in [6.45, 7) is 3.88. The van der Waals surface area contributed by atoms with Crippen LogP contribution in [-0.4, -0.2) is 9.97 Å². The van der Waals surface area contributed by atoms with E-state index in [-0.39, 0.29) is 5.82 Å². The monoisotopic (exact) mass is 254 g/mol. The van der Waals surface area contributed by atoms with Crippen molar-refractivity contribution in [2.75, 3.05) is 0 Å². The number of aromatic nitrogens is 2. The van der Waals surface area contributed by atoms with Crippen molar-refractivity contribution in [1.82, 2.24) is 9.97 Å². The molecule has 0 atom stereocenters. The van der Waals surface area contributed by atoms with E-state index in [9.17, 15) is 4.39 Å². The van der Waals surface area contributed by atoms with Crippen LogP contribution >= 0.6 is 0 Å². The highest BCUT2D eigenvalue weighted by Gasteiger charge is 1.99. The van der Waals surface area contributed by atoms with Gasteiger partial charge in [-0.15, -0.1) is 0 Å². The number of aryl methyl sites for hydroxylation is 2. The average Bonchev–Trinajstić information content (AvgIpc) is 2.39. The predicted octanol–water partition coefficient (Wildman–Crippen LogP) is 4.02. The second-order valence-corrected chi connectivity index (χ2v) is 4.38. The molecule has 0 bridgehead atoms. The molecule has 19 heavy (non-hydrogen) atoms. The summed E-state index contributed by atoms with van der Waals surface area (Å²) < 4.78 is 13.3. The molecule has 0 aliphatic rings. The second kappa shape index (κ2) is 6.05. The SMILES string of the molecule is Cc1cnccc(C)cc(-c2cccc(F)c2)nc1. The van der Waals surface area contributed by atoms with E-state index in [0.717, 1.165) is 22.4 Å². The zero-order chi connectivity index (χ0) is 13.7. The number of halogens is 1. The van der Waals surface area contributed by atoms with E-state index in [1.807, 2.05) is 32.0 Å². The number of rotatable bonds is 1. The first-order chi connectivity index (χ1) is 9.15. The number of benzene rings is 1. The van der Waals surface area contributed by atoms with Crippen LogP contribution in [0.5, 0.6) is 0 Å². The van der Waals surface area contributed by atoms with Crippen molar-refractivity contribution in [3.63, 3.8) is 0 Å². The molecule has 2 aromatic rings. The van der Waals surface area contributed by atoms with Crippen molar-refractivity contribution < 1.29 is 4.39 Å². The standard InChI is InChI=1S/C16H15FN2/c1-12-6-7-18-10-13(2)11-19-16(8-12)14-4-3-5-15(17)9-14/h3-11H,1-2H3. The third-order valence-electron chi connectivity index (χ3n) is 2.59. The minimum atomic E-state index is -0.263. The number of hydrogen-bond acceptors (Lipinski definition) is 2. The maximum absolute atomic E-state index is 13.3. The molecule has 0 radical (unpaired) electrons. The van der Waals surface area contributed by atoms with Gasteiger partial charge in [-0.2, -0.15) is 0 Å². The van der Waals surface area contributed by atoms with E-state index >= 15 is 0 Å². The van der Waals surface area contributed by atoms with Crippen LogP contribution in [-0.2, 0) is 0 Å². The first-order valence-corrected chi connectivity index (χ1v) is 6.04. The van der Waals surface area contributed by atoms with Crippen molar-refractivity contribution in [3.05, 3.63) is 71.9 Å². The first-order valence-electron chi connectivity index (χ1n) is 6.04. The average molecular weight is 254 g/mol. The van der Waals surface area contributed by atoms with Gasteiger partial charge in [-0.05, 0) is 49.2 Å². The van der Waals surface area contributed by atoms with Gasteiger partial charge in [-0.3, -0.25) is 9.97 Å². The van der Waals surface area contributed by atoms with Crippen molar-refractivity contribution >= 4 is 0 Å². The van der Waals surface area contributed by atoms with Crippen molar-refractivity contribution in [3.8, 4) is 11.3 Å². The Balaban J connectivity index is 2.65. The molecule has 96 valence electrons. The molecular weight excluding hydrogens is 239 g/mol. The molecule has 0 saturated heterocycles. The van der Waals surface area contributed by atoms with Gasteiger partial charge in [0.05, 0.1) is 5.69 Å². The minimum Gasteiger partial charge on any atom is -0.264 e. The number of nitrogens with zero attached hydrogens (tertiary/aromatic N) is 2. The molecule has 0 amide bonds. The third-order valence-corrected chi connectivity index (χ3v) is 2.59. The molecule has 0 fully saturated rings. The maximum Gasteiger partial charge on any atom is 0.123 e. The van der Waals surface area contributed by atoms with Crippen molar-refractivity contribution in [1.29, 1.82) is 0 Å². The molecule has 3 heteroatoms. The van der Waals surface area contributed by atoms with E-state index in [1.54, 1.807) is 24.7 Å². The predicted molar refractivity (Wildman–Crippen MR) is 74.5 cm³/mol. The summed E-state index contributed by atoms with van der Waals surface area (Å²) in [5.74, 6) is -0.263. The fraction of sp³-hybridized carbons (Fsp3) is 0.125. The highest BCUT2D eigenvalue weighted by atomic mass is 19.1. The van der Waals surface area contributed by atoms with E-state index < -0.39 is 0 Å².